The highest BCUT2D eigenvalue weighted by molar-refractivity contribution is 6.31. The summed E-state index contributed by atoms with van der Waals surface area (Å²) in [5.41, 5.74) is 4.33. The van der Waals surface area contributed by atoms with E-state index in [0.717, 1.165) is 46.2 Å². The summed E-state index contributed by atoms with van der Waals surface area (Å²) in [5.74, 6) is 9.88. The van der Waals surface area contributed by atoms with Gasteiger partial charge in [-0.05, 0) is 61.2 Å². The molecule has 6 heteroatoms. The molecular formula is C25H28ClNO4. The van der Waals surface area contributed by atoms with Gasteiger partial charge in [-0.25, -0.2) is 0 Å². The van der Waals surface area contributed by atoms with Crippen molar-refractivity contribution in [3.63, 3.8) is 0 Å². The normalized spacial score (nSPS) is 17.2. The van der Waals surface area contributed by atoms with Gasteiger partial charge in [0, 0.05) is 17.1 Å². The molecule has 2 heterocycles. The summed E-state index contributed by atoms with van der Waals surface area (Å²) in [6, 6.07) is 5.94. The molecule has 0 saturated carbocycles. The number of rotatable bonds is 4. The van der Waals surface area contributed by atoms with Crippen LogP contribution in [0.4, 0.5) is 0 Å². The number of methoxy groups -OCH3 is 1. The van der Waals surface area contributed by atoms with Crippen molar-refractivity contribution in [1.29, 1.82) is 0 Å². The maximum absolute atomic E-state index is 6.31. The lowest BCUT2D eigenvalue weighted by atomic mass is 9.91. The van der Waals surface area contributed by atoms with Crippen LogP contribution in [-0.4, -0.2) is 39.0 Å². The number of likely N-dealkylation sites (N-methyl/N-ethyl adjacent to an activating group) is 1. The van der Waals surface area contributed by atoms with Gasteiger partial charge in [0.15, 0.2) is 11.5 Å². The van der Waals surface area contributed by atoms with E-state index in [4.69, 9.17) is 30.5 Å². The molecule has 2 aromatic rings. The Morgan fingerprint density at radius 3 is 2.81 bits per heavy atom. The Kier molecular flexibility index (Phi) is 6.22. The SMILES string of the molecule is COc1c2c(cc3c1C(C#CCOc1cc(C)c(Cl)cc1C(C)C)N(C)CC3)OCO2. The zero-order valence-corrected chi connectivity index (χ0v) is 19.4. The van der Waals surface area contributed by atoms with Gasteiger partial charge in [0.2, 0.25) is 12.5 Å². The summed E-state index contributed by atoms with van der Waals surface area (Å²) in [5, 5.41) is 0.758. The molecule has 0 aromatic heterocycles. The zero-order valence-electron chi connectivity index (χ0n) is 18.7. The molecule has 0 radical (unpaired) electrons. The molecular weight excluding hydrogens is 414 g/mol. The van der Waals surface area contributed by atoms with Crippen LogP contribution in [0.2, 0.25) is 5.02 Å². The van der Waals surface area contributed by atoms with E-state index in [1.54, 1.807) is 7.11 Å². The number of ether oxygens (including phenoxy) is 4. The van der Waals surface area contributed by atoms with E-state index in [-0.39, 0.29) is 12.8 Å². The molecule has 2 aliphatic rings. The average molecular weight is 442 g/mol. The summed E-state index contributed by atoms with van der Waals surface area (Å²) in [7, 11) is 3.74. The average Bonchev–Trinajstić information content (AvgIpc) is 3.21. The maximum atomic E-state index is 6.31. The fourth-order valence-electron chi connectivity index (χ4n) is 4.11. The molecule has 0 saturated heterocycles. The minimum atomic E-state index is -0.103. The van der Waals surface area contributed by atoms with Crippen LogP contribution in [0, 0.1) is 18.8 Å². The Balaban J connectivity index is 1.60. The molecule has 31 heavy (non-hydrogen) atoms. The van der Waals surface area contributed by atoms with Gasteiger partial charge in [-0.1, -0.05) is 37.3 Å². The van der Waals surface area contributed by atoms with Gasteiger partial charge in [0.05, 0.1) is 7.11 Å². The number of fused-ring (bicyclic) bond motifs is 2. The lowest BCUT2D eigenvalue weighted by molar-refractivity contribution is 0.171. The van der Waals surface area contributed by atoms with Crippen LogP contribution in [-0.2, 0) is 6.42 Å². The lowest BCUT2D eigenvalue weighted by Gasteiger charge is -2.32. The molecule has 0 spiro atoms. The minimum Gasteiger partial charge on any atom is -0.492 e. The molecule has 2 aromatic carbocycles. The van der Waals surface area contributed by atoms with Crippen molar-refractivity contribution in [2.45, 2.75) is 39.2 Å². The molecule has 164 valence electrons. The van der Waals surface area contributed by atoms with Crippen molar-refractivity contribution < 1.29 is 18.9 Å². The molecule has 0 fully saturated rings. The molecule has 0 aliphatic carbocycles. The van der Waals surface area contributed by atoms with Crippen LogP contribution in [0.25, 0.3) is 0 Å². The standard InChI is InChI=1S/C25H28ClNO4/c1-15(2)18-13-19(26)16(3)11-21(18)29-10-6-7-20-23-17(8-9-27(20)4)12-22-24(25(23)28-5)31-14-30-22/h11-13,15,20H,8-10,14H2,1-5H3. The predicted octanol–water partition coefficient (Wildman–Crippen LogP) is 5.12. The quantitative estimate of drug-likeness (QED) is 0.616. The van der Waals surface area contributed by atoms with Crippen LogP contribution in [0.1, 0.15) is 48.1 Å². The smallest absolute Gasteiger partial charge is 0.231 e. The van der Waals surface area contributed by atoms with E-state index in [1.807, 2.05) is 19.1 Å². The first-order valence-corrected chi connectivity index (χ1v) is 10.9. The molecule has 0 bridgehead atoms. The number of hydrogen-bond donors (Lipinski definition) is 0. The molecule has 1 atom stereocenters. The number of aryl methyl sites for hydroxylation is 1. The van der Waals surface area contributed by atoms with Crippen LogP contribution >= 0.6 is 11.6 Å². The van der Waals surface area contributed by atoms with E-state index < -0.39 is 0 Å². The number of hydrogen-bond acceptors (Lipinski definition) is 5. The van der Waals surface area contributed by atoms with Crippen LogP contribution in [0.15, 0.2) is 18.2 Å². The van der Waals surface area contributed by atoms with Crippen molar-refractivity contribution in [2.24, 2.45) is 0 Å². The van der Waals surface area contributed by atoms with E-state index in [1.165, 1.54) is 5.56 Å². The van der Waals surface area contributed by atoms with Crippen molar-refractivity contribution in [3.8, 4) is 34.8 Å². The molecule has 2 aliphatic heterocycles. The first-order chi connectivity index (χ1) is 14.9. The molecule has 0 N–H and O–H groups in total. The largest absolute Gasteiger partial charge is 0.492 e. The number of halogens is 1. The van der Waals surface area contributed by atoms with Crippen LogP contribution in [0.5, 0.6) is 23.0 Å². The highest BCUT2D eigenvalue weighted by atomic mass is 35.5. The monoisotopic (exact) mass is 441 g/mol. The topological polar surface area (TPSA) is 40.2 Å². The van der Waals surface area contributed by atoms with Gasteiger partial charge in [-0.3, -0.25) is 4.90 Å². The Hall–Kier alpha value is -2.55. The molecule has 0 amide bonds. The van der Waals surface area contributed by atoms with Gasteiger partial charge in [-0.15, -0.1) is 0 Å². The van der Waals surface area contributed by atoms with Crippen molar-refractivity contribution in [2.75, 3.05) is 34.1 Å². The van der Waals surface area contributed by atoms with Crippen molar-refractivity contribution in [1.82, 2.24) is 4.90 Å². The molecule has 1 unspecified atom stereocenters. The summed E-state index contributed by atoms with van der Waals surface area (Å²) < 4.78 is 23.0. The summed E-state index contributed by atoms with van der Waals surface area (Å²) >= 11 is 6.31. The maximum Gasteiger partial charge on any atom is 0.231 e. The van der Waals surface area contributed by atoms with Gasteiger partial charge in [0.25, 0.3) is 0 Å². The Labute approximate surface area is 189 Å². The second-order valence-electron chi connectivity index (χ2n) is 8.25. The second-order valence-corrected chi connectivity index (χ2v) is 8.66. The summed E-state index contributed by atoms with van der Waals surface area (Å²) in [6.45, 7) is 7.66. The van der Waals surface area contributed by atoms with Crippen LogP contribution < -0.4 is 18.9 Å². The zero-order chi connectivity index (χ0) is 22.1. The fraction of sp³-hybridized carbons (Fsp3) is 0.440. The first kappa shape index (κ1) is 21.7. The van der Waals surface area contributed by atoms with Gasteiger partial charge in [-0.2, -0.15) is 0 Å². The Morgan fingerprint density at radius 2 is 2.06 bits per heavy atom. The fourth-order valence-corrected chi connectivity index (χ4v) is 4.29. The van der Waals surface area contributed by atoms with E-state index in [9.17, 15) is 0 Å². The van der Waals surface area contributed by atoms with Gasteiger partial charge >= 0.3 is 0 Å². The number of nitrogens with zero attached hydrogens (tertiary/aromatic N) is 1. The Morgan fingerprint density at radius 1 is 1.26 bits per heavy atom. The summed E-state index contributed by atoms with van der Waals surface area (Å²) in [6.07, 6.45) is 0.912. The van der Waals surface area contributed by atoms with Gasteiger partial charge in [0.1, 0.15) is 18.4 Å². The van der Waals surface area contributed by atoms with E-state index >= 15 is 0 Å². The third kappa shape index (κ3) is 4.15. The van der Waals surface area contributed by atoms with E-state index in [2.05, 4.69) is 43.7 Å². The highest BCUT2D eigenvalue weighted by Crippen LogP contribution is 2.49. The predicted molar refractivity (Wildman–Crippen MR) is 122 cm³/mol. The molecule has 4 rings (SSSR count). The Bertz CT molecular complexity index is 1050. The van der Waals surface area contributed by atoms with Crippen molar-refractivity contribution in [3.05, 3.63) is 45.5 Å². The minimum absolute atomic E-state index is 0.103. The van der Waals surface area contributed by atoms with Crippen molar-refractivity contribution >= 4 is 11.6 Å². The second kappa shape index (κ2) is 8.90. The molecule has 5 nitrogen and oxygen atoms in total. The van der Waals surface area contributed by atoms with E-state index in [0.29, 0.717) is 24.0 Å². The summed E-state index contributed by atoms with van der Waals surface area (Å²) in [4.78, 5) is 2.23. The lowest BCUT2D eigenvalue weighted by Crippen LogP contribution is -2.31. The third-order valence-corrected chi connectivity index (χ3v) is 6.25. The number of benzene rings is 2. The highest BCUT2D eigenvalue weighted by Gasteiger charge is 2.33. The first-order valence-electron chi connectivity index (χ1n) is 10.5. The third-order valence-electron chi connectivity index (χ3n) is 5.85. The van der Waals surface area contributed by atoms with Crippen LogP contribution in [0.3, 0.4) is 0 Å². The van der Waals surface area contributed by atoms with Gasteiger partial charge < -0.3 is 18.9 Å².